The molecule has 1 aliphatic heterocycles. The van der Waals surface area contributed by atoms with Crippen molar-refractivity contribution in [3.05, 3.63) is 41.7 Å². The third-order valence-electron chi connectivity index (χ3n) is 4.75. The zero-order valence-corrected chi connectivity index (χ0v) is 17.3. The molecule has 4 heterocycles. The third kappa shape index (κ3) is 4.87. The Labute approximate surface area is 172 Å². The van der Waals surface area contributed by atoms with Crippen LogP contribution >= 0.6 is 11.8 Å². The molecule has 1 amide bonds. The van der Waals surface area contributed by atoms with Crippen LogP contribution in [0.15, 0.2) is 32.6 Å². The Hall–Kier alpha value is -2.62. The largest absolute Gasteiger partial charge is 0.455 e. The molecule has 0 saturated carbocycles. The van der Waals surface area contributed by atoms with Gasteiger partial charge in [0.25, 0.3) is 5.91 Å². The van der Waals surface area contributed by atoms with Gasteiger partial charge in [-0.3, -0.25) is 9.89 Å². The first-order valence-electron chi connectivity index (χ1n) is 9.77. The molecule has 9 nitrogen and oxygen atoms in total. The summed E-state index contributed by atoms with van der Waals surface area (Å²) < 4.78 is 11.2. The molecule has 0 radical (unpaired) electrons. The summed E-state index contributed by atoms with van der Waals surface area (Å²) in [4.78, 5) is 23.3. The molecule has 1 fully saturated rings. The lowest BCUT2D eigenvalue weighted by Crippen LogP contribution is -2.39. The first-order chi connectivity index (χ1) is 14.1. The number of amides is 1. The molecule has 0 spiro atoms. The van der Waals surface area contributed by atoms with Crippen LogP contribution in [0.1, 0.15) is 60.6 Å². The van der Waals surface area contributed by atoms with E-state index < -0.39 is 0 Å². The average Bonchev–Trinajstić information content (AvgIpc) is 3.47. The topological polar surface area (TPSA) is 114 Å². The van der Waals surface area contributed by atoms with Crippen LogP contribution in [-0.4, -0.2) is 49.2 Å². The van der Waals surface area contributed by atoms with Crippen LogP contribution in [0.5, 0.6) is 0 Å². The summed E-state index contributed by atoms with van der Waals surface area (Å²) in [6, 6.07) is 3.56. The molecule has 29 heavy (non-hydrogen) atoms. The molecule has 1 N–H and O–H groups in total. The lowest BCUT2D eigenvalue weighted by molar-refractivity contribution is 0.0662. The van der Waals surface area contributed by atoms with E-state index >= 15 is 0 Å². The van der Waals surface area contributed by atoms with Gasteiger partial charge in [0.2, 0.25) is 5.89 Å². The molecular weight excluding hydrogens is 392 g/mol. The van der Waals surface area contributed by atoms with E-state index in [-0.39, 0.29) is 11.8 Å². The van der Waals surface area contributed by atoms with E-state index in [9.17, 15) is 4.79 Å². The monoisotopic (exact) mass is 416 g/mol. The molecule has 154 valence electrons. The van der Waals surface area contributed by atoms with Gasteiger partial charge in [-0.05, 0) is 30.9 Å². The molecule has 0 bridgehead atoms. The third-order valence-corrected chi connectivity index (χ3v) is 5.65. The van der Waals surface area contributed by atoms with Gasteiger partial charge in [0.15, 0.2) is 16.7 Å². The lowest BCUT2D eigenvalue weighted by atomic mass is 9.97. The summed E-state index contributed by atoms with van der Waals surface area (Å²) >= 11 is 1.47. The number of carbonyl (C=O) groups is 1. The summed E-state index contributed by atoms with van der Waals surface area (Å²) in [6.07, 6.45) is 4.08. The van der Waals surface area contributed by atoms with Crippen molar-refractivity contribution in [3.8, 4) is 0 Å². The minimum absolute atomic E-state index is 0.0672. The number of rotatable bonds is 7. The van der Waals surface area contributed by atoms with E-state index in [1.165, 1.54) is 18.1 Å². The van der Waals surface area contributed by atoms with Crippen molar-refractivity contribution in [1.29, 1.82) is 0 Å². The molecule has 4 rings (SSSR count). The Bertz CT molecular complexity index is 936. The summed E-state index contributed by atoms with van der Waals surface area (Å²) in [5.74, 6) is 3.44. The maximum Gasteiger partial charge on any atom is 0.289 e. The first kappa shape index (κ1) is 19.7. The number of aromatic amines is 1. The molecule has 10 heteroatoms. The van der Waals surface area contributed by atoms with Crippen molar-refractivity contribution >= 4 is 17.7 Å². The molecule has 3 aromatic heterocycles. The van der Waals surface area contributed by atoms with Crippen LogP contribution in [0.4, 0.5) is 0 Å². The number of hydrogen-bond acceptors (Lipinski definition) is 8. The number of furan rings is 1. The van der Waals surface area contributed by atoms with E-state index in [1.807, 2.05) is 11.0 Å². The number of aromatic nitrogens is 5. The van der Waals surface area contributed by atoms with Crippen LogP contribution in [0, 0.1) is 5.92 Å². The minimum atomic E-state index is -0.104. The van der Waals surface area contributed by atoms with Crippen molar-refractivity contribution in [2.24, 2.45) is 5.92 Å². The Morgan fingerprint density at radius 2 is 2.31 bits per heavy atom. The molecule has 0 aromatic carbocycles. The Morgan fingerprint density at radius 1 is 1.41 bits per heavy atom. The highest BCUT2D eigenvalue weighted by Gasteiger charge is 2.30. The van der Waals surface area contributed by atoms with E-state index in [2.05, 4.69) is 39.2 Å². The van der Waals surface area contributed by atoms with E-state index in [0.717, 1.165) is 30.8 Å². The quantitative estimate of drug-likeness (QED) is 0.584. The van der Waals surface area contributed by atoms with Crippen molar-refractivity contribution in [2.75, 3.05) is 13.1 Å². The molecular formula is C19H24N6O3S. The second kappa shape index (κ2) is 8.81. The van der Waals surface area contributed by atoms with Crippen LogP contribution in [0.3, 0.4) is 0 Å². The number of nitrogens with zero attached hydrogens (tertiary/aromatic N) is 5. The Morgan fingerprint density at radius 3 is 3.10 bits per heavy atom. The zero-order valence-electron chi connectivity index (χ0n) is 16.5. The van der Waals surface area contributed by atoms with Crippen LogP contribution < -0.4 is 0 Å². The molecule has 1 atom stereocenters. The number of nitrogens with one attached hydrogen (secondary N) is 1. The summed E-state index contributed by atoms with van der Waals surface area (Å²) in [7, 11) is 0. The normalized spacial score (nSPS) is 17.2. The molecule has 1 unspecified atom stereocenters. The predicted octanol–water partition coefficient (Wildman–Crippen LogP) is 3.29. The van der Waals surface area contributed by atoms with Gasteiger partial charge in [-0.2, -0.15) is 10.1 Å². The number of piperidine rings is 1. The maximum atomic E-state index is 12.9. The van der Waals surface area contributed by atoms with Crippen LogP contribution in [0.25, 0.3) is 0 Å². The van der Waals surface area contributed by atoms with Gasteiger partial charge in [0.05, 0.1) is 11.7 Å². The summed E-state index contributed by atoms with van der Waals surface area (Å²) in [6.45, 7) is 5.51. The smallest absolute Gasteiger partial charge is 0.289 e. The van der Waals surface area contributed by atoms with Gasteiger partial charge in [0.1, 0.15) is 12.1 Å². The fourth-order valence-electron chi connectivity index (χ4n) is 3.37. The number of thioether (sulfide) groups is 1. The zero-order chi connectivity index (χ0) is 20.2. The molecule has 1 aliphatic rings. The Balaban J connectivity index is 1.36. The molecule has 0 aliphatic carbocycles. The Kier molecular flexibility index (Phi) is 5.98. The van der Waals surface area contributed by atoms with Gasteiger partial charge in [-0.1, -0.05) is 30.8 Å². The van der Waals surface area contributed by atoms with Gasteiger partial charge in [0, 0.05) is 19.5 Å². The first-order valence-corrected chi connectivity index (χ1v) is 10.8. The summed E-state index contributed by atoms with van der Waals surface area (Å²) in [5.41, 5.74) is 0. The minimum Gasteiger partial charge on any atom is -0.455 e. The van der Waals surface area contributed by atoms with Crippen molar-refractivity contribution < 1.29 is 13.7 Å². The molecule has 3 aromatic rings. The number of H-pyrrole nitrogens is 1. The average molecular weight is 417 g/mol. The van der Waals surface area contributed by atoms with Crippen molar-refractivity contribution in [2.45, 2.75) is 49.9 Å². The van der Waals surface area contributed by atoms with Crippen LogP contribution in [0.2, 0.25) is 0 Å². The highest BCUT2D eigenvalue weighted by Crippen LogP contribution is 2.28. The van der Waals surface area contributed by atoms with Gasteiger partial charge in [-0.15, -0.1) is 0 Å². The van der Waals surface area contributed by atoms with Gasteiger partial charge >= 0.3 is 0 Å². The van der Waals surface area contributed by atoms with Gasteiger partial charge < -0.3 is 13.8 Å². The summed E-state index contributed by atoms with van der Waals surface area (Å²) in [5, 5.41) is 11.4. The highest BCUT2D eigenvalue weighted by atomic mass is 32.2. The number of hydrogen-bond donors (Lipinski definition) is 1. The van der Waals surface area contributed by atoms with Crippen molar-refractivity contribution in [1.82, 2.24) is 30.2 Å². The van der Waals surface area contributed by atoms with Crippen LogP contribution in [-0.2, 0) is 12.2 Å². The standard InChI is InChI=1S/C19H24N6O3S/c1-12(2)8-16-22-17(28-24-16)13-4-3-7-25(9-13)18(26)15-6-5-14(27-15)10-29-19-20-11-21-23-19/h5-6,11-13H,3-4,7-10H2,1-2H3,(H,20,21,23). The maximum absolute atomic E-state index is 12.9. The SMILES string of the molecule is CC(C)Cc1noc(C2CCCN(C(=O)c3ccc(CSc4ncn[nH]4)o3)C2)n1. The second-order valence-corrected chi connectivity index (χ2v) is 8.55. The lowest BCUT2D eigenvalue weighted by Gasteiger charge is -2.30. The van der Waals surface area contributed by atoms with Crippen molar-refractivity contribution in [3.63, 3.8) is 0 Å². The van der Waals surface area contributed by atoms with E-state index in [4.69, 9.17) is 8.94 Å². The number of carbonyl (C=O) groups excluding carboxylic acids is 1. The fraction of sp³-hybridized carbons (Fsp3) is 0.526. The fourth-order valence-corrected chi connectivity index (χ4v) is 4.05. The highest BCUT2D eigenvalue weighted by molar-refractivity contribution is 7.98. The second-order valence-electron chi connectivity index (χ2n) is 7.58. The van der Waals surface area contributed by atoms with E-state index in [1.54, 1.807) is 6.07 Å². The van der Waals surface area contributed by atoms with Gasteiger partial charge in [-0.25, -0.2) is 4.98 Å². The number of likely N-dealkylation sites (tertiary alicyclic amines) is 1. The molecule has 1 saturated heterocycles. The predicted molar refractivity (Wildman–Crippen MR) is 105 cm³/mol. The van der Waals surface area contributed by atoms with E-state index in [0.29, 0.717) is 41.6 Å².